The van der Waals surface area contributed by atoms with E-state index in [1.165, 1.54) is 12.1 Å². The van der Waals surface area contributed by atoms with Gasteiger partial charge >= 0.3 is 0 Å². The first-order chi connectivity index (χ1) is 16.6. The average Bonchev–Trinajstić information content (AvgIpc) is 3.43. The summed E-state index contributed by atoms with van der Waals surface area (Å²) in [6.07, 6.45) is 3.30. The number of para-hydroxylation sites is 1. The maximum absolute atomic E-state index is 13.5. The molecule has 0 unspecified atom stereocenters. The van der Waals surface area contributed by atoms with E-state index in [9.17, 15) is 9.18 Å². The summed E-state index contributed by atoms with van der Waals surface area (Å²) in [5, 5.41) is 12.0. The fraction of sp³-hybridized carbons (Fsp3) is 0.0741. The van der Waals surface area contributed by atoms with Crippen molar-refractivity contribution in [1.29, 1.82) is 0 Å². The molecule has 6 nitrogen and oxygen atoms in total. The number of anilines is 1. The largest absolute Gasteiger partial charge is 0.319 e. The number of benzene rings is 3. The molecule has 0 aliphatic carbocycles. The van der Waals surface area contributed by atoms with Crippen molar-refractivity contribution in [3.8, 4) is 16.9 Å². The molecule has 0 spiro atoms. The Morgan fingerprint density at radius 2 is 1.71 bits per heavy atom. The van der Waals surface area contributed by atoms with Crippen LogP contribution >= 0.6 is 0 Å². The highest BCUT2D eigenvalue weighted by Gasteiger charge is 2.23. The van der Waals surface area contributed by atoms with Crippen molar-refractivity contribution in [3.63, 3.8) is 0 Å². The van der Waals surface area contributed by atoms with Gasteiger partial charge in [-0.25, -0.2) is 9.07 Å². The second-order valence-corrected chi connectivity index (χ2v) is 7.93. The Labute approximate surface area is 196 Å². The molecule has 0 saturated carbocycles. The number of amides is 1. The van der Waals surface area contributed by atoms with Gasteiger partial charge in [0.25, 0.3) is 5.91 Å². The van der Waals surface area contributed by atoms with Crippen LogP contribution in [0.25, 0.3) is 16.9 Å². The van der Waals surface area contributed by atoms with Crippen LogP contribution in [0.4, 0.5) is 10.1 Å². The fourth-order valence-electron chi connectivity index (χ4n) is 3.92. The van der Waals surface area contributed by atoms with E-state index in [0.717, 1.165) is 22.5 Å². The summed E-state index contributed by atoms with van der Waals surface area (Å²) in [7, 11) is 0. The highest BCUT2D eigenvalue weighted by molar-refractivity contribution is 6.09. The number of nitrogens with one attached hydrogen (secondary N) is 1. The van der Waals surface area contributed by atoms with Crippen LogP contribution in [0.3, 0.4) is 0 Å². The van der Waals surface area contributed by atoms with Crippen molar-refractivity contribution in [1.82, 2.24) is 19.6 Å². The van der Waals surface area contributed by atoms with Gasteiger partial charge in [-0.3, -0.25) is 9.48 Å². The van der Waals surface area contributed by atoms with Gasteiger partial charge in [-0.05, 0) is 36.8 Å². The van der Waals surface area contributed by atoms with E-state index < -0.39 is 0 Å². The van der Waals surface area contributed by atoms with Crippen LogP contribution in [-0.2, 0) is 6.54 Å². The average molecular weight is 452 g/mol. The maximum Gasteiger partial charge on any atom is 0.259 e. The van der Waals surface area contributed by atoms with Crippen molar-refractivity contribution >= 4 is 11.6 Å². The molecule has 3 aromatic carbocycles. The minimum Gasteiger partial charge on any atom is -0.319 e. The summed E-state index contributed by atoms with van der Waals surface area (Å²) in [6, 6.07) is 25.7. The Morgan fingerprint density at radius 3 is 2.44 bits per heavy atom. The van der Waals surface area contributed by atoms with E-state index in [0.29, 0.717) is 23.5 Å². The standard InChI is InChI=1S/C27H22FN5O/c1-19-25(26(21-10-4-2-5-11-21)31-33(19)24-13-6-3-7-14-24)27(34)30-23-16-29-32(18-23)17-20-9-8-12-22(28)15-20/h2-16,18H,17H2,1H3,(H,30,34). The van der Waals surface area contributed by atoms with Crippen molar-refractivity contribution < 1.29 is 9.18 Å². The molecule has 7 heteroatoms. The Morgan fingerprint density at radius 1 is 0.971 bits per heavy atom. The third-order valence-electron chi connectivity index (χ3n) is 5.52. The zero-order valence-electron chi connectivity index (χ0n) is 18.5. The molecular weight excluding hydrogens is 429 g/mol. The molecule has 0 radical (unpaired) electrons. The number of aromatic nitrogens is 4. The van der Waals surface area contributed by atoms with Gasteiger partial charge in [0.15, 0.2) is 0 Å². The molecule has 5 aromatic rings. The third-order valence-corrected chi connectivity index (χ3v) is 5.52. The number of carbonyl (C=O) groups is 1. The molecule has 0 fully saturated rings. The Bertz CT molecular complexity index is 1440. The second kappa shape index (κ2) is 9.15. The molecule has 2 heterocycles. The minimum absolute atomic E-state index is 0.274. The van der Waals surface area contributed by atoms with Crippen molar-refractivity contribution in [2.75, 3.05) is 5.32 Å². The van der Waals surface area contributed by atoms with E-state index in [2.05, 4.69) is 10.4 Å². The third kappa shape index (κ3) is 4.36. The lowest BCUT2D eigenvalue weighted by atomic mass is 10.1. The van der Waals surface area contributed by atoms with Crippen LogP contribution in [0.2, 0.25) is 0 Å². The van der Waals surface area contributed by atoms with Gasteiger partial charge in [0, 0.05) is 11.8 Å². The lowest BCUT2D eigenvalue weighted by molar-refractivity contribution is 0.102. The van der Waals surface area contributed by atoms with Crippen LogP contribution in [0.5, 0.6) is 0 Å². The second-order valence-electron chi connectivity index (χ2n) is 7.93. The van der Waals surface area contributed by atoms with Crippen molar-refractivity contribution in [2.45, 2.75) is 13.5 Å². The van der Waals surface area contributed by atoms with Gasteiger partial charge in [-0.1, -0.05) is 60.7 Å². The van der Waals surface area contributed by atoms with Crippen LogP contribution in [0, 0.1) is 12.7 Å². The van der Waals surface area contributed by atoms with Crippen LogP contribution in [0.15, 0.2) is 97.3 Å². The Kier molecular flexibility index (Phi) is 5.74. The summed E-state index contributed by atoms with van der Waals surface area (Å²) >= 11 is 0. The van der Waals surface area contributed by atoms with E-state index in [1.807, 2.05) is 73.7 Å². The van der Waals surface area contributed by atoms with Crippen LogP contribution in [-0.4, -0.2) is 25.5 Å². The minimum atomic E-state index is -0.294. The number of nitrogens with zero attached hydrogens (tertiary/aromatic N) is 4. The molecule has 0 aliphatic heterocycles. The quantitative estimate of drug-likeness (QED) is 0.372. The fourth-order valence-corrected chi connectivity index (χ4v) is 3.92. The molecule has 0 saturated heterocycles. The highest BCUT2D eigenvalue weighted by atomic mass is 19.1. The van der Waals surface area contributed by atoms with E-state index in [-0.39, 0.29) is 11.7 Å². The Hall–Kier alpha value is -4.52. The topological polar surface area (TPSA) is 64.7 Å². The number of hydrogen-bond acceptors (Lipinski definition) is 3. The van der Waals surface area contributed by atoms with E-state index >= 15 is 0 Å². The molecule has 0 aliphatic rings. The molecule has 168 valence electrons. The number of hydrogen-bond donors (Lipinski definition) is 1. The summed E-state index contributed by atoms with van der Waals surface area (Å²) in [5.74, 6) is -0.568. The van der Waals surface area contributed by atoms with Gasteiger partial charge in [0.2, 0.25) is 0 Å². The summed E-state index contributed by atoms with van der Waals surface area (Å²) in [6.45, 7) is 2.28. The number of halogens is 1. The monoisotopic (exact) mass is 451 g/mol. The first-order valence-electron chi connectivity index (χ1n) is 10.9. The Balaban J connectivity index is 1.46. The van der Waals surface area contributed by atoms with Gasteiger partial charge < -0.3 is 5.32 Å². The predicted octanol–water partition coefficient (Wildman–Crippen LogP) is 5.48. The summed E-state index contributed by atoms with van der Waals surface area (Å²) in [5.41, 5.74) is 4.89. The highest BCUT2D eigenvalue weighted by Crippen LogP contribution is 2.28. The van der Waals surface area contributed by atoms with Crippen LogP contribution < -0.4 is 5.32 Å². The number of rotatable bonds is 6. The lowest BCUT2D eigenvalue weighted by Gasteiger charge is -2.06. The smallest absolute Gasteiger partial charge is 0.259 e. The van der Waals surface area contributed by atoms with Gasteiger partial charge in [-0.15, -0.1) is 0 Å². The lowest BCUT2D eigenvalue weighted by Crippen LogP contribution is -2.13. The van der Waals surface area contributed by atoms with Gasteiger partial charge in [-0.2, -0.15) is 10.2 Å². The molecule has 2 aromatic heterocycles. The van der Waals surface area contributed by atoms with E-state index in [4.69, 9.17) is 5.10 Å². The molecule has 0 bridgehead atoms. The van der Waals surface area contributed by atoms with E-state index in [1.54, 1.807) is 27.8 Å². The molecule has 1 N–H and O–H groups in total. The molecule has 0 atom stereocenters. The molecular formula is C27H22FN5O. The normalized spacial score (nSPS) is 10.9. The summed E-state index contributed by atoms with van der Waals surface area (Å²) in [4.78, 5) is 13.4. The SMILES string of the molecule is Cc1c(C(=O)Nc2cnn(Cc3cccc(F)c3)c2)c(-c2ccccc2)nn1-c1ccccc1. The zero-order chi connectivity index (χ0) is 23.5. The van der Waals surface area contributed by atoms with Crippen molar-refractivity contribution in [3.05, 3.63) is 120 Å². The first-order valence-corrected chi connectivity index (χ1v) is 10.9. The summed E-state index contributed by atoms with van der Waals surface area (Å²) < 4.78 is 16.9. The molecule has 1 amide bonds. The molecule has 5 rings (SSSR count). The van der Waals surface area contributed by atoms with Crippen LogP contribution in [0.1, 0.15) is 21.6 Å². The number of carbonyl (C=O) groups excluding carboxylic acids is 1. The predicted molar refractivity (Wildman–Crippen MR) is 129 cm³/mol. The molecule has 34 heavy (non-hydrogen) atoms. The van der Waals surface area contributed by atoms with Gasteiger partial charge in [0.1, 0.15) is 11.5 Å². The first kappa shape index (κ1) is 21.3. The van der Waals surface area contributed by atoms with Crippen molar-refractivity contribution in [2.24, 2.45) is 0 Å². The van der Waals surface area contributed by atoms with Gasteiger partial charge in [0.05, 0.1) is 35.4 Å². The maximum atomic E-state index is 13.5. The zero-order valence-corrected chi connectivity index (χ0v) is 18.5.